The van der Waals surface area contributed by atoms with E-state index in [1.165, 1.54) is 12.8 Å². The molecule has 0 aromatic carbocycles. The van der Waals surface area contributed by atoms with Crippen LogP contribution in [-0.4, -0.2) is 27.2 Å². The second kappa shape index (κ2) is 4.71. The van der Waals surface area contributed by atoms with Crippen molar-refractivity contribution in [1.29, 1.82) is 0 Å². The molecule has 0 spiro atoms. The average Bonchev–Trinajstić information content (AvgIpc) is 3.04. The van der Waals surface area contributed by atoms with Gasteiger partial charge in [0, 0.05) is 12.8 Å². The lowest BCUT2D eigenvalue weighted by molar-refractivity contribution is 0.0753. The summed E-state index contributed by atoms with van der Waals surface area (Å²) in [5, 5.41) is -0.108. The van der Waals surface area contributed by atoms with Gasteiger partial charge < -0.3 is 9.30 Å². The van der Waals surface area contributed by atoms with Crippen LogP contribution < -0.4 is 0 Å². The first-order valence-corrected chi connectivity index (χ1v) is 7.77. The summed E-state index contributed by atoms with van der Waals surface area (Å²) >= 11 is 6.36. The van der Waals surface area contributed by atoms with Crippen LogP contribution in [0.25, 0.3) is 11.0 Å². The first-order chi connectivity index (χ1) is 9.75. The van der Waals surface area contributed by atoms with Crippen molar-refractivity contribution in [3.63, 3.8) is 0 Å². The topological polar surface area (TPSA) is 39.9 Å². The van der Waals surface area contributed by atoms with E-state index < -0.39 is 0 Å². The molecule has 2 aromatic rings. The van der Waals surface area contributed by atoms with Gasteiger partial charge in [0.25, 0.3) is 0 Å². The van der Waals surface area contributed by atoms with Crippen LogP contribution in [0.1, 0.15) is 43.4 Å². The Morgan fingerprint density at radius 2 is 2.25 bits per heavy atom. The number of halogens is 1. The van der Waals surface area contributed by atoms with Crippen molar-refractivity contribution in [2.24, 2.45) is 5.92 Å². The molecule has 20 heavy (non-hydrogen) atoms. The lowest BCUT2D eigenvalue weighted by Crippen LogP contribution is -2.23. The Bertz CT molecular complexity index is 635. The van der Waals surface area contributed by atoms with Crippen molar-refractivity contribution in [3.05, 3.63) is 24.3 Å². The van der Waals surface area contributed by atoms with Gasteiger partial charge in [0.1, 0.15) is 11.3 Å². The quantitative estimate of drug-likeness (QED) is 0.813. The van der Waals surface area contributed by atoms with Gasteiger partial charge in [-0.3, -0.25) is 4.98 Å². The molecule has 4 rings (SSSR count). The minimum absolute atomic E-state index is 0.108. The maximum Gasteiger partial charge on any atom is 0.128 e. The number of ether oxygens (including phenoxy) is 1. The number of aromatic nitrogens is 3. The number of hydrogen-bond donors (Lipinski definition) is 0. The third-order valence-electron chi connectivity index (χ3n) is 4.40. The van der Waals surface area contributed by atoms with Gasteiger partial charge in [0.15, 0.2) is 0 Å². The van der Waals surface area contributed by atoms with Crippen molar-refractivity contribution in [1.82, 2.24) is 14.5 Å². The van der Waals surface area contributed by atoms with Gasteiger partial charge in [-0.15, -0.1) is 11.6 Å². The third-order valence-corrected chi connectivity index (χ3v) is 4.59. The van der Waals surface area contributed by atoms with Gasteiger partial charge in [0.05, 0.1) is 29.2 Å². The predicted molar refractivity (Wildman–Crippen MR) is 77.9 cm³/mol. The summed E-state index contributed by atoms with van der Waals surface area (Å²) in [5.41, 5.74) is 2.06. The summed E-state index contributed by atoms with van der Waals surface area (Å²) in [5.74, 6) is 1.66. The minimum atomic E-state index is -0.108. The minimum Gasteiger partial charge on any atom is -0.376 e. The molecule has 0 bridgehead atoms. The van der Waals surface area contributed by atoms with Crippen LogP contribution in [0, 0.1) is 5.92 Å². The van der Waals surface area contributed by atoms with E-state index >= 15 is 0 Å². The lowest BCUT2D eigenvalue weighted by Gasteiger charge is -2.23. The first-order valence-electron chi connectivity index (χ1n) is 7.33. The van der Waals surface area contributed by atoms with Gasteiger partial charge in [-0.25, -0.2) is 4.98 Å². The molecule has 0 N–H and O–H groups in total. The molecule has 5 heteroatoms. The number of imidazole rings is 1. The molecule has 106 valence electrons. The van der Waals surface area contributed by atoms with E-state index in [1.807, 2.05) is 25.4 Å². The average molecular weight is 292 g/mol. The zero-order chi connectivity index (χ0) is 13.7. The van der Waals surface area contributed by atoms with Crippen molar-refractivity contribution in [2.75, 3.05) is 6.61 Å². The summed E-state index contributed by atoms with van der Waals surface area (Å²) in [6, 6.07) is 2.40. The maximum atomic E-state index is 6.36. The number of alkyl halides is 1. The van der Waals surface area contributed by atoms with E-state index in [0.29, 0.717) is 12.1 Å². The highest BCUT2D eigenvalue weighted by Gasteiger charge is 2.42. The molecule has 1 aliphatic heterocycles. The van der Waals surface area contributed by atoms with E-state index in [0.717, 1.165) is 35.8 Å². The Kier molecular flexibility index (Phi) is 2.97. The van der Waals surface area contributed by atoms with E-state index in [2.05, 4.69) is 14.5 Å². The molecule has 2 aromatic heterocycles. The van der Waals surface area contributed by atoms with Crippen LogP contribution in [0.2, 0.25) is 0 Å². The SMILES string of the molecule is CC(Cl)c1nc2cnccc2n1C1CCOC1C1CC1. The predicted octanol–water partition coefficient (Wildman–Crippen LogP) is 3.47. The lowest BCUT2D eigenvalue weighted by atomic mass is 10.1. The zero-order valence-electron chi connectivity index (χ0n) is 11.5. The Morgan fingerprint density at radius 3 is 3.00 bits per heavy atom. The van der Waals surface area contributed by atoms with Gasteiger partial charge >= 0.3 is 0 Å². The first kappa shape index (κ1) is 12.6. The molecule has 1 saturated carbocycles. The van der Waals surface area contributed by atoms with E-state index in [-0.39, 0.29) is 5.38 Å². The van der Waals surface area contributed by atoms with Crippen molar-refractivity contribution >= 4 is 22.6 Å². The number of rotatable bonds is 3. The Labute approximate surface area is 123 Å². The van der Waals surface area contributed by atoms with Crippen molar-refractivity contribution in [3.8, 4) is 0 Å². The Morgan fingerprint density at radius 1 is 1.40 bits per heavy atom. The smallest absolute Gasteiger partial charge is 0.128 e. The van der Waals surface area contributed by atoms with Crippen LogP contribution in [0.5, 0.6) is 0 Å². The molecule has 1 aliphatic carbocycles. The largest absolute Gasteiger partial charge is 0.376 e. The second-order valence-electron chi connectivity index (χ2n) is 5.85. The molecule has 3 unspecified atom stereocenters. The van der Waals surface area contributed by atoms with Gasteiger partial charge in [0.2, 0.25) is 0 Å². The van der Waals surface area contributed by atoms with Crippen molar-refractivity contribution < 1.29 is 4.74 Å². The maximum absolute atomic E-state index is 6.36. The monoisotopic (exact) mass is 291 g/mol. The highest BCUT2D eigenvalue weighted by Crippen LogP contribution is 2.45. The van der Waals surface area contributed by atoms with Crippen LogP contribution >= 0.6 is 11.6 Å². The van der Waals surface area contributed by atoms with Crippen LogP contribution in [0.4, 0.5) is 0 Å². The molecule has 1 saturated heterocycles. The highest BCUT2D eigenvalue weighted by atomic mass is 35.5. The molecule has 0 radical (unpaired) electrons. The summed E-state index contributed by atoms with van der Waals surface area (Å²) in [4.78, 5) is 8.85. The molecule has 2 fully saturated rings. The number of nitrogens with zero attached hydrogens (tertiary/aromatic N) is 3. The summed E-state index contributed by atoms with van der Waals surface area (Å²) in [6.45, 7) is 2.82. The summed E-state index contributed by atoms with van der Waals surface area (Å²) < 4.78 is 8.30. The number of hydrogen-bond acceptors (Lipinski definition) is 3. The van der Waals surface area contributed by atoms with E-state index in [4.69, 9.17) is 16.3 Å². The highest BCUT2D eigenvalue weighted by molar-refractivity contribution is 6.20. The zero-order valence-corrected chi connectivity index (χ0v) is 12.3. The molecule has 3 heterocycles. The van der Waals surface area contributed by atoms with E-state index in [9.17, 15) is 0 Å². The van der Waals surface area contributed by atoms with Gasteiger partial charge in [-0.05, 0) is 38.2 Å². The van der Waals surface area contributed by atoms with Crippen LogP contribution in [0.15, 0.2) is 18.5 Å². The van der Waals surface area contributed by atoms with Crippen molar-refractivity contribution in [2.45, 2.75) is 43.7 Å². The molecule has 2 aliphatic rings. The molecule has 3 atom stereocenters. The van der Waals surface area contributed by atoms with Crippen LogP contribution in [-0.2, 0) is 4.74 Å². The molecule has 4 nitrogen and oxygen atoms in total. The fraction of sp³-hybridized carbons (Fsp3) is 0.600. The standard InChI is InChI=1S/C15H18ClN3O/c1-9(16)15-18-11-8-17-6-4-12(11)19(15)13-5-7-20-14(13)10-2-3-10/h4,6,8-10,13-14H,2-3,5,7H2,1H3. The van der Waals surface area contributed by atoms with E-state index in [1.54, 1.807) is 0 Å². The molecular formula is C15H18ClN3O. The molecule has 0 amide bonds. The fourth-order valence-corrected chi connectivity index (χ4v) is 3.50. The second-order valence-corrected chi connectivity index (χ2v) is 6.50. The normalized spacial score (nSPS) is 28.1. The Balaban J connectivity index is 1.86. The Hall–Kier alpha value is -1.13. The third kappa shape index (κ3) is 1.93. The molecular weight excluding hydrogens is 274 g/mol. The fourth-order valence-electron chi connectivity index (χ4n) is 3.35. The van der Waals surface area contributed by atoms with Gasteiger partial charge in [-0.2, -0.15) is 0 Å². The van der Waals surface area contributed by atoms with Crippen LogP contribution in [0.3, 0.4) is 0 Å². The summed E-state index contributed by atoms with van der Waals surface area (Å²) in [7, 11) is 0. The van der Waals surface area contributed by atoms with Gasteiger partial charge in [-0.1, -0.05) is 0 Å². The number of fused-ring (bicyclic) bond motifs is 1. The number of pyridine rings is 1. The summed E-state index contributed by atoms with van der Waals surface area (Å²) in [6.07, 6.45) is 7.60.